The molecule has 0 radical (unpaired) electrons. The summed E-state index contributed by atoms with van der Waals surface area (Å²) in [5, 5.41) is 2.85. The summed E-state index contributed by atoms with van der Waals surface area (Å²) in [5.41, 5.74) is 6.38. The van der Waals surface area contributed by atoms with Crippen molar-refractivity contribution in [3.63, 3.8) is 0 Å². The molecule has 3 nitrogen and oxygen atoms in total. The van der Waals surface area contributed by atoms with E-state index in [4.69, 9.17) is 5.73 Å². The fraction of sp³-hybridized carbons (Fsp3) is 0.533. The summed E-state index contributed by atoms with van der Waals surface area (Å²) in [6.07, 6.45) is 1.88. The third-order valence-corrected chi connectivity index (χ3v) is 3.22. The second-order valence-electron chi connectivity index (χ2n) is 5.70. The van der Waals surface area contributed by atoms with Crippen LogP contribution in [0, 0.1) is 18.2 Å². The minimum Gasteiger partial charge on any atom is -0.352 e. The van der Waals surface area contributed by atoms with Crippen molar-refractivity contribution >= 4 is 5.91 Å². The van der Waals surface area contributed by atoms with Gasteiger partial charge < -0.3 is 11.1 Å². The standard InChI is InChI=1S/C15H23FN2O/c1-11-5-6-12(9-13(11)16)14(19)18-10-15(2,3)7-4-8-17/h5-6,9H,4,7-8,10,17H2,1-3H3,(H,18,19). The molecule has 0 aliphatic heterocycles. The Balaban J connectivity index is 2.57. The highest BCUT2D eigenvalue weighted by Crippen LogP contribution is 2.20. The van der Waals surface area contributed by atoms with Crippen LogP contribution in [0.5, 0.6) is 0 Å². The molecule has 0 saturated carbocycles. The van der Waals surface area contributed by atoms with Crippen LogP contribution in [-0.4, -0.2) is 19.0 Å². The molecule has 0 aliphatic carbocycles. The van der Waals surface area contributed by atoms with E-state index in [1.165, 1.54) is 6.07 Å². The summed E-state index contributed by atoms with van der Waals surface area (Å²) in [6, 6.07) is 4.53. The maximum Gasteiger partial charge on any atom is 0.251 e. The zero-order chi connectivity index (χ0) is 14.5. The Morgan fingerprint density at radius 1 is 1.42 bits per heavy atom. The van der Waals surface area contributed by atoms with Gasteiger partial charge in [0.2, 0.25) is 0 Å². The fourth-order valence-corrected chi connectivity index (χ4v) is 1.82. The van der Waals surface area contributed by atoms with Crippen LogP contribution in [0.2, 0.25) is 0 Å². The Bertz CT molecular complexity index is 444. The maximum atomic E-state index is 13.4. The van der Waals surface area contributed by atoms with Crippen LogP contribution < -0.4 is 11.1 Å². The van der Waals surface area contributed by atoms with Crippen molar-refractivity contribution < 1.29 is 9.18 Å². The molecular weight excluding hydrogens is 243 g/mol. The van der Waals surface area contributed by atoms with E-state index in [1.54, 1.807) is 19.1 Å². The molecule has 3 N–H and O–H groups in total. The summed E-state index contributed by atoms with van der Waals surface area (Å²) < 4.78 is 13.4. The highest BCUT2D eigenvalue weighted by Gasteiger charge is 2.18. The summed E-state index contributed by atoms with van der Waals surface area (Å²) in [5.74, 6) is -0.588. The number of aryl methyl sites for hydroxylation is 1. The summed E-state index contributed by atoms with van der Waals surface area (Å²) in [7, 11) is 0. The molecule has 4 heteroatoms. The molecule has 0 unspecified atom stereocenters. The first kappa shape index (κ1) is 15.6. The molecule has 0 heterocycles. The lowest BCUT2D eigenvalue weighted by atomic mass is 9.87. The molecule has 1 aromatic carbocycles. The van der Waals surface area contributed by atoms with E-state index in [0.717, 1.165) is 12.8 Å². The average molecular weight is 266 g/mol. The van der Waals surface area contributed by atoms with Crippen LogP contribution in [0.25, 0.3) is 0 Å². The summed E-state index contributed by atoms with van der Waals surface area (Å²) in [6.45, 7) is 7.05. The van der Waals surface area contributed by atoms with Gasteiger partial charge in [-0.3, -0.25) is 4.79 Å². The molecule has 106 valence electrons. The largest absolute Gasteiger partial charge is 0.352 e. The van der Waals surface area contributed by atoms with Crippen molar-refractivity contribution in [1.82, 2.24) is 5.32 Å². The minimum atomic E-state index is -0.352. The maximum absolute atomic E-state index is 13.4. The summed E-state index contributed by atoms with van der Waals surface area (Å²) in [4.78, 5) is 11.9. The van der Waals surface area contributed by atoms with E-state index in [2.05, 4.69) is 19.2 Å². The number of hydrogen-bond acceptors (Lipinski definition) is 2. The molecule has 0 aromatic heterocycles. The Labute approximate surface area is 114 Å². The van der Waals surface area contributed by atoms with Gasteiger partial charge in [0.15, 0.2) is 0 Å². The number of nitrogens with one attached hydrogen (secondary N) is 1. The zero-order valence-corrected chi connectivity index (χ0v) is 11.9. The number of rotatable bonds is 6. The molecule has 0 atom stereocenters. The molecule has 1 aromatic rings. The lowest BCUT2D eigenvalue weighted by molar-refractivity contribution is 0.0934. The summed E-state index contributed by atoms with van der Waals surface area (Å²) >= 11 is 0. The van der Waals surface area contributed by atoms with Crippen LogP contribution in [-0.2, 0) is 0 Å². The molecule has 0 bridgehead atoms. The van der Waals surface area contributed by atoms with Gasteiger partial charge in [-0.1, -0.05) is 19.9 Å². The first-order valence-corrected chi connectivity index (χ1v) is 6.60. The second-order valence-corrected chi connectivity index (χ2v) is 5.70. The Morgan fingerprint density at radius 3 is 2.68 bits per heavy atom. The molecule has 0 spiro atoms. The zero-order valence-electron chi connectivity index (χ0n) is 11.9. The first-order valence-electron chi connectivity index (χ1n) is 6.60. The van der Waals surface area contributed by atoms with Crippen molar-refractivity contribution in [2.45, 2.75) is 33.6 Å². The Hall–Kier alpha value is -1.42. The topological polar surface area (TPSA) is 55.1 Å². The average Bonchev–Trinajstić information content (AvgIpc) is 2.37. The van der Waals surface area contributed by atoms with Crippen LogP contribution in [0.4, 0.5) is 4.39 Å². The van der Waals surface area contributed by atoms with Crippen molar-refractivity contribution in [2.75, 3.05) is 13.1 Å². The van der Waals surface area contributed by atoms with Gasteiger partial charge in [-0.25, -0.2) is 4.39 Å². The highest BCUT2D eigenvalue weighted by molar-refractivity contribution is 5.94. The minimum absolute atomic E-state index is 0.00171. The quantitative estimate of drug-likeness (QED) is 0.831. The molecule has 1 amide bonds. The monoisotopic (exact) mass is 266 g/mol. The highest BCUT2D eigenvalue weighted by atomic mass is 19.1. The van der Waals surface area contributed by atoms with Gasteiger partial charge in [0.1, 0.15) is 5.82 Å². The van der Waals surface area contributed by atoms with Gasteiger partial charge in [0.25, 0.3) is 5.91 Å². The number of amides is 1. The number of hydrogen-bond donors (Lipinski definition) is 2. The van der Waals surface area contributed by atoms with Crippen LogP contribution in [0.1, 0.15) is 42.6 Å². The van der Waals surface area contributed by atoms with Crippen LogP contribution in [0.3, 0.4) is 0 Å². The fourth-order valence-electron chi connectivity index (χ4n) is 1.82. The predicted molar refractivity (Wildman–Crippen MR) is 75.5 cm³/mol. The van der Waals surface area contributed by atoms with Crippen molar-refractivity contribution in [3.8, 4) is 0 Å². The molecule has 0 aliphatic rings. The predicted octanol–water partition coefficient (Wildman–Crippen LogP) is 2.63. The van der Waals surface area contributed by atoms with E-state index < -0.39 is 0 Å². The van der Waals surface area contributed by atoms with Gasteiger partial charge in [0.05, 0.1) is 0 Å². The third-order valence-electron chi connectivity index (χ3n) is 3.22. The number of benzene rings is 1. The number of carbonyl (C=O) groups excluding carboxylic acids is 1. The lowest BCUT2D eigenvalue weighted by Crippen LogP contribution is -2.34. The van der Waals surface area contributed by atoms with Crippen LogP contribution >= 0.6 is 0 Å². The molecular formula is C15H23FN2O. The van der Waals surface area contributed by atoms with E-state index in [1.807, 2.05) is 0 Å². The van der Waals surface area contributed by atoms with E-state index >= 15 is 0 Å². The van der Waals surface area contributed by atoms with Gasteiger partial charge in [-0.2, -0.15) is 0 Å². The Morgan fingerprint density at radius 2 is 2.11 bits per heavy atom. The van der Waals surface area contributed by atoms with Crippen molar-refractivity contribution in [1.29, 1.82) is 0 Å². The van der Waals surface area contributed by atoms with Gasteiger partial charge in [-0.05, 0) is 49.4 Å². The Kier molecular flexibility index (Phi) is 5.48. The van der Waals surface area contributed by atoms with E-state index in [9.17, 15) is 9.18 Å². The second kappa shape index (κ2) is 6.66. The van der Waals surface area contributed by atoms with Crippen molar-refractivity contribution in [2.24, 2.45) is 11.1 Å². The lowest BCUT2D eigenvalue weighted by Gasteiger charge is -2.24. The third kappa shape index (κ3) is 4.99. The molecule has 0 saturated heterocycles. The normalized spacial score (nSPS) is 11.4. The molecule has 19 heavy (non-hydrogen) atoms. The van der Waals surface area contributed by atoms with E-state index in [0.29, 0.717) is 24.2 Å². The van der Waals surface area contributed by atoms with Gasteiger partial charge in [-0.15, -0.1) is 0 Å². The van der Waals surface area contributed by atoms with Gasteiger partial charge in [0, 0.05) is 12.1 Å². The SMILES string of the molecule is Cc1ccc(C(=O)NCC(C)(C)CCCN)cc1F. The molecule has 1 rings (SSSR count). The van der Waals surface area contributed by atoms with E-state index in [-0.39, 0.29) is 17.1 Å². The number of nitrogens with two attached hydrogens (primary N) is 1. The first-order chi connectivity index (χ1) is 8.85. The smallest absolute Gasteiger partial charge is 0.251 e. The number of halogens is 1. The molecule has 0 fully saturated rings. The number of carbonyl (C=O) groups is 1. The van der Waals surface area contributed by atoms with Crippen molar-refractivity contribution in [3.05, 3.63) is 35.1 Å². The van der Waals surface area contributed by atoms with Crippen LogP contribution in [0.15, 0.2) is 18.2 Å². The van der Waals surface area contributed by atoms with Gasteiger partial charge >= 0.3 is 0 Å².